The number of pyridine rings is 1. The van der Waals surface area contributed by atoms with Crippen LogP contribution in [0.5, 0.6) is 0 Å². The highest BCUT2D eigenvalue weighted by Gasteiger charge is 2.13. The lowest BCUT2D eigenvalue weighted by Crippen LogP contribution is -2.31. The average Bonchev–Trinajstić information content (AvgIpc) is 2.72. The molecule has 0 aliphatic carbocycles. The number of nitrogens with one attached hydrogen (secondary N) is 2. The summed E-state index contributed by atoms with van der Waals surface area (Å²) in [6.07, 6.45) is 0. The van der Waals surface area contributed by atoms with E-state index in [2.05, 4.69) is 33.8 Å². The Bertz CT molecular complexity index is 968. The molecule has 0 fully saturated rings. The molecule has 5 nitrogen and oxygen atoms in total. The molecule has 0 unspecified atom stereocenters. The molecule has 0 saturated carbocycles. The molecule has 0 atom stereocenters. The second-order valence-electron chi connectivity index (χ2n) is 6.79. The first-order valence-electron chi connectivity index (χ1n) is 9.23. The molecule has 2 amide bonds. The number of hydrogen-bond donors (Lipinski definition) is 2. The number of carbonyl (C=O) groups excluding carboxylic acids is 2. The molecule has 0 bridgehead atoms. The van der Waals surface area contributed by atoms with Crippen molar-refractivity contribution >= 4 is 11.8 Å². The molecule has 0 radical (unpaired) electrons. The van der Waals surface area contributed by atoms with Crippen LogP contribution in [0.2, 0.25) is 0 Å². The van der Waals surface area contributed by atoms with Gasteiger partial charge in [0.1, 0.15) is 11.4 Å². The summed E-state index contributed by atoms with van der Waals surface area (Å²) in [7, 11) is 0. The number of nitrogens with zero attached hydrogens (tertiary/aromatic N) is 1. The van der Waals surface area contributed by atoms with E-state index >= 15 is 0 Å². The molecular formula is C23H23N3O2. The Kier molecular flexibility index (Phi) is 6.17. The van der Waals surface area contributed by atoms with Gasteiger partial charge in [-0.1, -0.05) is 54.6 Å². The summed E-state index contributed by atoms with van der Waals surface area (Å²) < 4.78 is 0. The maximum atomic E-state index is 12.5. The summed E-state index contributed by atoms with van der Waals surface area (Å²) >= 11 is 0. The minimum absolute atomic E-state index is 0.00340. The fourth-order valence-electron chi connectivity index (χ4n) is 2.79. The van der Waals surface area contributed by atoms with Crippen LogP contribution in [-0.2, 0) is 6.54 Å². The third-order valence-corrected chi connectivity index (χ3v) is 4.12. The molecule has 0 aliphatic rings. The van der Waals surface area contributed by atoms with E-state index in [0.29, 0.717) is 6.54 Å². The van der Waals surface area contributed by atoms with Crippen LogP contribution in [0.1, 0.15) is 40.4 Å². The van der Waals surface area contributed by atoms with E-state index < -0.39 is 0 Å². The largest absolute Gasteiger partial charge is 0.349 e. The topological polar surface area (TPSA) is 71.1 Å². The third kappa shape index (κ3) is 5.04. The Balaban J connectivity index is 1.67. The predicted octanol–water partition coefficient (Wildman–Crippen LogP) is 3.82. The molecule has 2 aromatic carbocycles. The van der Waals surface area contributed by atoms with Gasteiger partial charge in [0.05, 0.1) is 0 Å². The molecule has 2 N–H and O–H groups in total. The lowest BCUT2D eigenvalue weighted by molar-refractivity contribution is 0.0936. The van der Waals surface area contributed by atoms with E-state index in [-0.39, 0.29) is 29.2 Å². The number of rotatable bonds is 6. The summed E-state index contributed by atoms with van der Waals surface area (Å²) in [6.45, 7) is 4.12. The molecule has 1 aromatic heterocycles. The first kappa shape index (κ1) is 19.3. The maximum Gasteiger partial charge on any atom is 0.270 e. The first-order chi connectivity index (χ1) is 13.5. The van der Waals surface area contributed by atoms with Crippen molar-refractivity contribution in [3.63, 3.8) is 0 Å². The minimum Gasteiger partial charge on any atom is -0.349 e. The third-order valence-electron chi connectivity index (χ3n) is 4.12. The Labute approximate surface area is 164 Å². The van der Waals surface area contributed by atoms with Crippen LogP contribution in [0.3, 0.4) is 0 Å². The monoisotopic (exact) mass is 373 g/mol. The SMILES string of the molecule is CC(C)NC(=O)c1cccc(C(=O)NCc2cccc(-c3ccccc3)c2)n1. The summed E-state index contributed by atoms with van der Waals surface area (Å²) in [5.41, 5.74) is 3.66. The van der Waals surface area contributed by atoms with Crippen molar-refractivity contribution in [2.45, 2.75) is 26.4 Å². The van der Waals surface area contributed by atoms with Crippen molar-refractivity contribution in [1.82, 2.24) is 15.6 Å². The Morgan fingerprint density at radius 2 is 1.46 bits per heavy atom. The van der Waals surface area contributed by atoms with Gasteiger partial charge < -0.3 is 10.6 Å². The molecule has 28 heavy (non-hydrogen) atoms. The van der Waals surface area contributed by atoms with Gasteiger partial charge in [0.2, 0.25) is 0 Å². The van der Waals surface area contributed by atoms with Crippen LogP contribution < -0.4 is 10.6 Å². The van der Waals surface area contributed by atoms with Crippen LogP contribution in [-0.4, -0.2) is 22.8 Å². The number of benzene rings is 2. The van der Waals surface area contributed by atoms with Crippen LogP contribution in [0.25, 0.3) is 11.1 Å². The summed E-state index contributed by atoms with van der Waals surface area (Å²) in [6, 6.07) is 23.0. The zero-order valence-corrected chi connectivity index (χ0v) is 16.0. The minimum atomic E-state index is -0.315. The van der Waals surface area contributed by atoms with E-state index in [1.807, 2.05) is 50.2 Å². The highest BCUT2D eigenvalue weighted by Crippen LogP contribution is 2.19. The van der Waals surface area contributed by atoms with Gasteiger partial charge in [0, 0.05) is 12.6 Å². The highest BCUT2D eigenvalue weighted by atomic mass is 16.2. The van der Waals surface area contributed by atoms with Crippen molar-refractivity contribution < 1.29 is 9.59 Å². The smallest absolute Gasteiger partial charge is 0.270 e. The van der Waals surface area contributed by atoms with Crippen LogP contribution in [0, 0.1) is 0 Å². The molecule has 0 aliphatic heterocycles. The second-order valence-corrected chi connectivity index (χ2v) is 6.79. The maximum absolute atomic E-state index is 12.5. The van der Waals surface area contributed by atoms with Crippen molar-refractivity contribution in [2.24, 2.45) is 0 Å². The second kappa shape index (κ2) is 8.95. The fraction of sp³-hybridized carbons (Fsp3) is 0.174. The number of amides is 2. The lowest BCUT2D eigenvalue weighted by atomic mass is 10.0. The van der Waals surface area contributed by atoms with Gasteiger partial charge in [-0.3, -0.25) is 9.59 Å². The first-order valence-corrected chi connectivity index (χ1v) is 9.23. The molecule has 142 valence electrons. The molecule has 3 rings (SSSR count). The van der Waals surface area contributed by atoms with Crippen molar-refractivity contribution in [3.05, 3.63) is 89.7 Å². The van der Waals surface area contributed by atoms with Crippen molar-refractivity contribution in [1.29, 1.82) is 0 Å². The van der Waals surface area contributed by atoms with Gasteiger partial charge in [-0.15, -0.1) is 0 Å². The quantitative estimate of drug-likeness (QED) is 0.690. The van der Waals surface area contributed by atoms with Gasteiger partial charge in [-0.25, -0.2) is 4.98 Å². The van der Waals surface area contributed by atoms with E-state index in [4.69, 9.17) is 0 Å². The van der Waals surface area contributed by atoms with Crippen molar-refractivity contribution in [2.75, 3.05) is 0 Å². The zero-order chi connectivity index (χ0) is 19.9. The van der Waals surface area contributed by atoms with Gasteiger partial charge >= 0.3 is 0 Å². The number of hydrogen-bond acceptors (Lipinski definition) is 3. The molecule has 1 heterocycles. The normalized spacial score (nSPS) is 10.5. The molecule has 0 saturated heterocycles. The molecule has 3 aromatic rings. The van der Waals surface area contributed by atoms with E-state index in [9.17, 15) is 9.59 Å². The summed E-state index contributed by atoms with van der Waals surface area (Å²) in [5.74, 6) is -0.607. The summed E-state index contributed by atoms with van der Waals surface area (Å²) in [4.78, 5) is 28.7. The van der Waals surface area contributed by atoms with Gasteiger partial charge in [-0.05, 0) is 48.7 Å². The van der Waals surface area contributed by atoms with Crippen LogP contribution >= 0.6 is 0 Å². The van der Waals surface area contributed by atoms with Gasteiger partial charge in [0.15, 0.2) is 0 Å². The van der Waals surface area contributed by atoms with Crippen LogP contribution in [0.15, 0.2) is 72.8 Å². The van der Waals surface area contributed by atoms with Gasteiger partial charge in [-0.2, -0.15) is 0 Å². The van der Waals surface area contributed by atoms with Crippen LogP contribution in [0.4, 0.5) is 0 Å². The molecular weight excluding hydrogens is 350 g/mol. The highest BCUT2D eigenvalue weighted by molar-refractivity contribution is 5.96. The number of carbonyl (C=O) groups is 2. The predicted molar refractivity (Wildman–Crippen MR) is 110 cm³/mol. The molecule has 0 spiro atoms. The Hall–Kier alpha value is -3.47. The fourth-order valence-corrected chi connectivity index (χ4v) is 2.79. The zero-order valence-electron chi connectivity index (χ0n) is 16.0. The average molecular weight is 373 g/mol. The Morgan fingerprint density at radius 3 is 2.18 bits per heavy atom. The lowest BCUT2D eigenvalue weighted by Gasteiger charge is -2.10. The van der Waals surface area contributed by atoms with E-state index in [1.165, 1.54) is 0 Å². The Morgan fingerprint density at radius 1 is 0.821 bits per heavy atom. The van der Waals surface area contributed by atoms with E-state index in [0.717, 1.165) is 16.7 Å². The summed E-state index contributed by atoms with van der Waals surface area (Å²) in [5, 5.41) is 5.64. The van der Waals surface area contributed by atoms with Crippen molar-refractivity contribution in [3.8, 4) is 11.1 Å². The van der Waals surface area contributed by atoms with E-state index in [1.54, 1.807) is 18.2 Å². The molecule has 5 heteroatoms. The van der Waals surface area contributed by atoms with Gasteiger partial charge in [0.25, 0.3) is 11.8 Å². The standard InChI is InChI=1S/C23H23N3O2/c1-16(2)25-23(28)21-13-7-12-20(26-21)22(27)24-15-17-8-6-11-19(14-17)18-9-4-3-5-10-18/h3-14,16H,15H2,1-2H3,(H,24,27)(H,25,28). The number of aromatic nitrogens is 1.